The number of hydrogen-bond donors (Lipinski definition) is 0. The van der Waals surface area contributed by atoms with E-state index in [0.29, 0.717) is 24.0 Å². The van der Waals surface area contributed by atoms with Gasteiger partial charge in [-0.05, 0) is 80.6 Å². The van der Waals surface area contributed by atoms with Crippen LogP contribution in [0.1, 0.15) is 87.0 Å². The van der Waals surface area contributed by atoms with Crippen LogP contribution >= 0.6 is 0 Å². The van der Waals surface area contributed by atoms with Gasteiger partial charge in [-0.3, -0.25) is 0 Å². The summed E-state index contributed by atoms with van der Waals surface area (Å²) in [6.45, 7) is 13.6. The van der Waals surface area contributed by atoms with Crippen LogP contribution in [0.3, 0.4) is 0 Å². The maximum atomic E-state index is 12.6. The molecular weight excluding hydrogens is 364 g/mol. The van der Waals surface area contributed by atoms with Crippen LogP contribution in [0.2, 0.25) is 0 Å². The molecule has 0 amide bonds. The Hall–Kier alpha value is -2.10. The molecule has 0 unspecified atom stereocenters. The van der Waals surface area contributed by atoms with Crippen molar-refractivity contribution >= 4 is 11.9 Å². The standard InChI is InChI=1S/C25H38O4/c1-17(2)10-8-11-20(7)12-9-13-21-14-15-22(24(26)28-18(3)4)23(16-21)25(27)29-19(5)6/h10,12,14,18-19H,8-9,11,13,15-16H2,1-7H3. The minimum Gasteiger partial charge on any atom is -0.460 e. The fourth-order valence-corrected chi connectivity index (χ4v) is 3.13. The zero-order chi connectivity index (χ0) is 22.0. The molecule has 0 radical (unpaired) electrons. The van der Waals surface area contributed by atoms with Crippen LogP contribution < -0.4 is 0 Å². The van der Waals surface area contributed by atoms with Gasteiger partial charge in [0.1, 0.15) is 0 Å². The second kappa shape index (κ2) is 12.5. The van der Waals surface area contributed by atoms with Gasteiger partial charge < -0.3 is 9.47 Å². The molecule has 0 atom stereocenters. The second-order valence-corrected chi connectivity index (χ2v) is 8.52. The van der Waals surface area contributed by atoms with E-state index >= 15 is 0 Å². The van der Waals surface area contributed by atoms with E-state index in [-0.39, 0.29) is 12.2 Å². The number of allylic oxidation sites excluding steroid dienone is 6. The maximum Gasteiger partial charge on any atom is 0.335 e. The number of carbonyl (C=O) groups is 2. The third-order valence-corrected chi connectivity index (χ3v) is 4.59. The first-order valence-electron chi connectivity index (χ1n) is 10.7. The predicted octanol–water partition coefficient (Wildman–Crippen LogP) is 6.38. The van der Waals surface area contributed by atoms with Gasteiger partial charge in [-0.2, -0.15) is 0 Å². The highest BCUT2D eigenvalue weighted by Crippen LogP contribution is 2.30. The Morgan fingerprint density at radius 3 is 2.07 bits per heavy atom. The Kier molecular flexibility index (Phi) is 10.7. The van der Waals surface area contributed by atoms with Gasteiger partial charge in [0.15, 0.2) is 0 Å². The number of rotatable bonds is 10. The Labute approximate surface area is 176 Å². The van der Waals surface area contributed by atoms with Crippen molar-refractivity contribution in [2.75, 3.05) is 0 Å². The van der Waals surface area contributed by atoms with Crippen LogP contribution in [0.15, 0.2) is 46.1 Å². The van der Waals surface area contributed by atoms with Crippen molar-refractivity contribution in [3.05, 3.63) is 46.1 Å². The average molecular weight is 403 g/mol. The van der Waals surface area contributed by atoms with E-state index in [1.54, 1.807) is 13.8 Å². The van der Waals surface area contributed by atoms with Gasteiger partial charge in [0.25, 0.3) is 0 Å². The molecule has 0 aliphatic heterocycles. The van der Waals surface area contributed by atoms with Gasteiger partial charge in [-0.15, -0.1) is 0 Å². The van der Waals surface area contributed by atoms with Crippen molar-refractivity contribution in [2.24, 2.45) is 0 Å². The van der Waals surface area contributed by atoms with Gasteiger partial charge in [-0.1, -0.05) is 34.9 Å². The van der Waals surface area contributed by atoms with E-state index < -0.39 is 11.9 Å². The molecule has 1 aliphatic carbocycles. The lowest BCUT2D eigenvalue weighted by molar-refractivity contribution is -0.146. The summed E-state index contributed by atoms with van der Waals surface area (Å²) in [5.74, 6) is -0.823. The number of hydrogen-bond acceptors (Lipinski definition) is 4. The van der Waals surface area contributed by atoms with Crippen molar-refractivity contribution in [3.63, 3.8) is 0 Å². The topological polar surface area (TPSA) is 52.6 Å². The molecule has 4 nitrogen and oxygen atoms in total. The van der Waals surface area contributed by atoms with E-state index in [1.807, 2.05) is 13.8 Å². The molecule has 0 spiro atoms. The first kappa shape index (κ1) is 24.9. The fourth-order valence-electron chi connectivity index (χ4n) is 3.13. The van der Waals surface area contributed by atoms with E-state index in [9.17, 15) is 9.59 Å². The number of esters is 2. The number of carbonyl (C=O) groups excluding carboxylic acids is 2. The molecular formula is C25H38O4. The highest BCUT2D eigenvalue weighted by molar-refractivity contribution is 6.01. The van der Waals surface area contributed by atoms with Gasteiger partial charge >= 0.3 is 11.9 Å². The molecule has 0 bridgehead atoms. The summed E-state index contributed by atoms with van der Waals surface area (Å²) in [7, 11) is 0. The van der Waals surface area contributed by atoms with E-state index in [0.717, 1.165) is 25.7 Å². The van der Waals surface area contributed by atoms with Crippen molar-refractivity contribution in [2.45, 2.75) is 99.2 Å². The lowest BCUT2D eigenvalue weighted by atomic mass is 9.89. The zero-order valence-corrected chi connectivity index (χ0v) is 19.3. The first-order chi connectivity index (χ1) is 13.6. The molecule has 162 valence electrons. The third kappa shape index (κ3) is 9.78. The molecule has 0 N–H and O–H groups in total. The molecule has 0 fully saturated rings. The summed E-state index contributed by atoms with van der Waals surface area (Å²) in [6.07, 6.45) is 11.0. The summed E-state index contributed by atoms with van der Waals surface area (Å²) in [5.41, 5.74) is 4.79. The fraction of sp³-hybridized carbons (Fsp3) is 0.600. The minimum absolute atomic E-state index is 0.220. The summed E-state index contributed by atoms with van der Waals surface area (Å²) in [6, 6.07) is 0. The highest BCUT2D eigenvalue weighted by Gasteiger charge is 2.27. The normalized spacial score (nSPS) is 14.8. The van der Waals surface area contributed by atoms with Crippen molar-refractivity contribution < 1.29 is 19.1 Å². The zero-order valence-electron chi connectivity index (χ0n) is 19.3. The predicted molar refractivity (Wildman–Crippen MR) is 118 cm³/mol. The van der Waals surface area contributed by atoms with Crippen molar-refractivity contribution in [3.8, 4) is 0 Å². The summed E-state index contributed by atoms with van der Waals surface area (Å²) >= 11 is 0. The maximum absolute atomic E-state index is 12.6. The molecule has 0 aromatic rings. The molecule has 1 aliphatic rings. The monoisotopic (exact) mass is 402 g/mol. The van der Waals surface area contributed by atoms with Crippen LogP contribution in [-0.4, -0.2) is 24.1 Å². The van der Waals surface area contributed by atoms with Crippen LogP contribution in [0.25, 0.3) is 0 Å². The number of ether oxygens (including phenoxy) is 2. The quantitative estimate of drug-likeness (QED) is 0.314. The molecule has 0 aromatic carbocycles. The molecule has 0 saturated heterocycles. The molecule has 0 aromatic heterocycles. The van der Waals surface area contributed by atoms with Crippen LogP contribution in [0.5, 0.6) is 0 Å². The average Bonchev–Trinajstić information content (AvgIpc) is 2.60. The van der Waals surface area contributed by atoms with E-state index in [2.05, 4.69) is 39.0 Å². The van der Waals surface area contributed by atoms with Gasteiger partial charge in [0.05, 0.1) is 23.4 Å². The Morgan fingerprint density at radius 2 is 1.52 bits per heavy atom. The van der Waals surface area contributed by atoms with Crippen molar-refractivity contribution in [1.29, 1.82) is 0 Å². The molecule has 0 heterocycles. The minimum atomic E-state index is -0.416. The van der Waals surface area contributed by atoms with Crippen LogP contribution in [-0.2, 0) is 19.1 Å². The SMILES string of the molecule is CC(C)=CCCC(C)=CCCC1=CCC(C(=O)OC(C)C)=C(C(=O)OC(C)C)C1. The Morgan fingerprint density at radius 1 is 0.931 bits per heavy atom. The lowest BCUT2D eigenvalue weighted by Crippen LogP contribution is -2.22. The molecule has 0 saturated carbocycles. The van der Waals surface area contributed by atoms with E-state index in [4.69, 9.17) is 9.47 Å². The van der Waals surface area contributed by atoms with Crippen LogP contribution in [0, 0.1) is 0 Å². The third-order valence-electron chi connectivity index (χ3n) is 4.59. The first-order valence-corrected chi connectivity index (χ1v) is 10.7. The van der Waals surface area contributed by atoms with Crippen LogP contribution in [0.4, 0.5) is 0 Å². The lowest BCUT2D eigenvalue weighted by Gasteiger charge is -2.21. The Bertz CT molecular complexity index is 698. The molecule has 1 rings (SSSR count). The molecule has 29 heavy (non-hydrogen) atoms. The second-order valence-electron chi connectivity index (χ2n) is 8.52. The van der Waals surface area contributed by atoms with Gasteiger partial charge in [0.2, 0.25) is 0 Å². The highest BCUT2D eigenvalue weighted by atomic mass is 16.5. The van der Waals surface area contributed by atoms with E-state index in [1.165, 1.54) is 16.7 Å². The largest absolute Gasteiger partial charge is 0.460 e. The van der Waals surface area contributed by atoms with Gasteiger partial charge in [-0.25, -0.2) is 9.59 Å². The summed E-state index contributed by atoms with van der Waals surface area (Å²) in [5, 5.41) is 0. The molecule has 4 heteroatoms. The summed E-state index contributed by atoms with van der Waals surface area (Å²) < 4.78 is 10.7. The summed E-state index contributed by atoms with van der Waals surface area (Å²) in [4.78, 5) is 25.0. The van der Waals surface area contributed by atoms with Gasteiger partial charge in [0, 0.05) is 6.42 Å². The Balaban J connectivity index is 2.77. The smallest absolute Gasteiger partial charge is 0.335 e. The van der Waals surface area contributed by atoms with Crippen molar-refractivity contribution in [1.82, 2.24) is 0 Å².